The van der Waals surface area contributed by atoms with Crippen LogP contribution < -0.4 is 5.32 Å². The molecule has 0 aromatic rings. The molecule has 0 saturated carbocycles. The normalized spacial score (nSPS) is 18.6. The molecule has 5 nitrogen and oxygen atoms in total. The van der Waals surface area contributed by atoms with Crippen LogP contribution in [0, 0.1) is 0 Å². The molecule has 1 rings (SSSR count). The zero-order valence-corrected chi connectivity index (χ0v) is 13.9. The van der Waals surface area contributed by atoms with E-state index in [2.05, 4.69) is 12.2 Å². The summed E-state index contributed by atoms with van der Waals surface area (Å²) in [5.74, 6) is 0.144. The van der Waals surface area contributed by atoms with E-state index in [0.29, 0.717) is 19.5 Å². The summed E-state index contributed by atoms with van der Waals surface area (Å²) < 4.78 is 0. The standard InChI is InChI=1S/C16H31N3O2/c1-4-5-6-7-8-9-10-15(20)19-12-11-17-13-14(19)16(21)18(2)3/h14,17H,4-13H2,1-3H3. The summed E-state index contributed by atoms with van der Waals surface area (Å²) in [6.07, 6.45) is 7.63. The third-order valence-electron chi connectivity index (χ3n) is 4.03. The Morgan fingerprint density at radius 3 is 2.48 bits per heavy atom. The van der Waals surface area contributed by atoms with E-state index >= 15 is 0 Å². The SMILES string of the molecule is CCCCCCCCC(=O)N1CCNCC1C(=O)N(C)C. The highest BCUT2D eigenvalue weighted by atomic mass is 16.2. The van der Waals surface area contributed by atoms with Gasteiger partial charge in [0.1, 0.15) is 6.04 Å². The Morgan fingerprint density at radius 2 is 1.81 bits per heavy atom. The maximum absolute atomic E-state index is 12.4. The second kappa shape index (κ2) is 9.77. The summed E-state index contributed by atoms with van der Waals surface area (Å²) in [6.45, 7) is 4.19. The maximum Gasteiger partial charge on any atom is 0.246 e. The lowest BCUT2D eigenvalue weighted by molar-refractivity contribution is -0.145. The molecule has 2 amide bonds. The quantitative estimate of drug-likeness (QED) is 0.693. The van der Waals surface area contributed by atoms with Crippen molar-refractivity contribution in [1.29, 1.82) is 0 Å². The lowest BCUT2D eigenvalue weighted by atomic mass is 10.1. The average Bonchev–Trinajstić information content (AvgIpc) is 2.49. The molecule has 122 valence electrons. The number of hydrogen-bond acceptors (Lipinski definition) is 3. The van der Waals surface area contributed by atoms with Gasteiger partial charge in [0, 0.05) is 40.2 Å². The van der Waals surface area contributed by atoms with E-state index in [1.165, 1.54) is 25.7 Å². The van der Waals surface area contributed by atoms with Gasteiger partial charge in [0.2, 0.25) is 11.8 Å². The van der Waals surface area contributed by atoms with Crippen molar-refractivity contribution < 1.29 is 9.59 Å². The molecule has 0 aliphatic carbocycles. The molecule has 0 bridgehead atoms. The molecule has 1 unspecified atom stereocenters. The Kier molecular flexibility index (Phi) is 8.35. The first-order chi connectivity index (χ1) is 10.1. The molecule has 1 heterocycles. The smallest absolute Gasteiger partial charge is 0.246 e. The minimum absolute atomic E-state index is 0.0125. The Bertz CT molecular complexity index is 331. The summed E-state index contributed by atoms with van der Waals surface area (Å²) in [6, 6.07) is -0.332. The van der Waals surface area contributed by atoms with Crippen molar-refractivity contribution in [3.63, 3.8) is 0 Å². The Labute approximate surface area is 129 Å². The molecule has 1 fully saturated rings. The number of amides is 2. The lowest BCUT2D eigenvalue weighted by Crippen LogP contribution is -2.59. The van der Waals surface area contributed by atoms with Crippen molar-refractivity contribution in [3.8, 4) is 0 Å². The van der Waals surface area contributed by atoms with Crippen molar-refractivity contribution in [2.75, 3.05) is 33.7 Å². The number of piperazine rings is 1. The summed E-state index contributed by atoms with van der Waals surface area (Å²) in [4.78, 5) is 27.8. The zero-order chi connectivity index (χ0) is 15.7. The fourth-order valence-corrected chi connectivity index (χ4v) is 2.72. The van der Waals surface area contributed by atoms with Crippen LogP contribution in [0.1, 0.15) is 51.9 Å². The van der Waals surface area contributed by atoms with Gasteiger partial charge in [0.05, 0.1) is 0 Å². The van der Waals surface area contributed by atoms with E-state index in [-0.39, 0.29) is 17.9 Å². The number of carbonyl (C=O) groups excluding carboxylic acids is 2. The number of unbranched alkanes of at least 4 members (excludes halogenated alkanes) is 5. The minimum Gasteiger partial charge on any atom is -0.347 e. The molecule has 0 spiro atoms. The van der Waals surface area contributed by atoms with E-state index in [9.17, 15) is 9.59 Å². The Balaban J connectivity index is 2.37. The summed E-state index contributed by atoms with van der Waals surface area (Å²) in [5, 5.41) is 3.20. The molecule has 1 aliphatic rings. The van der Waals surface area contributed by atoms with Crippen LogP contribution in [0.2, 0.25) is 0 Å². The van der Waals surface area contributed by atoms with Gasteiger partial charge in [-0.15, -0.1) is 0 Å². The zero-order valence-electron chi connectivity index (χ0n) is 13.9. The third-order valence-corrected chi connectivity index (χ3v) is 4.03. The van der Waals surface area contributed by atoms with Gasteiger partial charge in [0.25, 0.3) is 0 Å². The van der Waals surface area contributed by atoms with Gasteiger partial charge in [-0.3, -0.25) is 9.59 Å². The first-order valence-corrected chi connectivity index (χ1v) is 8.29. The molecule has 1 saturated heterocycles. The second-order valence-corrected chi connectivity index (χ2v) is 6.06. The van der Waals surface area contributed by atoms with E-state index < -0.39 is 0 Å². The lowest BCUT2D eigenvalue weighted by Gasteiger charge is -2.36. The van der Waals surface area contributed by atoms with Crippen LogP contribution in [0.4, 0.5) is 0 Å². The molecule has 1 aliphatic heterocycles. The largest absolute Gasteiger partial charge is 0.347 e. The number of hydrogen-bond donors (Lipinski definition) is 1. The van der Waals surface area contributed by atoms with Gasteiger partial charge in [-0.05, 0) is 6.42 Å². The predicted octanol–water partition coefficient (Wildman–Crippen LogP) is 1.63. The van der Waals surface area contributed by atoms with Gasteiger partial charge in [-0.2, -0.15) is 0 Å². The molecule has 0 radical (unpaired) electrons. The van der Waals surface area contributed by atoms with Gasteiger partial charge < -0.3 is 15.1 Å². The Hall–Kier alpha value is -1.10. The van der Waals surface area contributed by atoms with Crippen molar-refractivity contribution in [2.45, 2.75) is 57.9 Å². The van der Waals surface area contributed by atoms with Crippen LogP contribution in [0.15, 0.2) is 0 Å². The molecular formula is C16H31N3O2. The molecule has 1 N–H and O–H groups in total. The van der Waals surface area contributed by atoms with Crippen LogP contribution in [0.25, 0.3) is 0 Å². The molecule has 0 aromatic heterocycles. The number of likely N-dealkylation sites (N-methyl/N-ethyl adjacent to an activating group) is 1. The maximum atomic E-state index is 12.4. The fourth-order valence-electron chi connectivity index (χ4n) is 2.72. The van der Waals surface area contributed by atoms with E-state index in [4.69, 9.17) is 0 Å². The van der Waals surface area contributed by atoms with Crippen molar-refractivity contribution in [3.05, 3.63) is 0 Å². The molecular weight excluding hydrogens is 266 g/mol. The van der Waals surface area contributed by atoms with Gasteiger partial charge in [-0.1, -0.05) is 39.0 Å². The second-order valence-electron chi connectivity index (χ2n) is 6.06. The van der Waals surface area contributed by atoms with Crippen molar-refractivity contribution >= 4 is 11.8 Å². The van der Waals surface area contributed by atoms with E-state index in [1.54, 1.807) is 23.9 Å². The fraction of sp³-hybridized carbons (Fsp3) is 0.875. The van der Waals surface area contributed by atoms with E-state index in [1.807, 2.05) is 0 Å². The first-order valence-electron chi connectivity index (χ1n) is 8.29. The highest BCUT2D eigenvalue weighted by molar-refractivity contribution is 5.87. The number of nitrogens with one attached hydrogen (secondary N) is 1. The van der Waals surface area contributed by atoms with Gasteiger partial charge in [-0.25, -0.2) is 0 Å². The summed E-state index contributed by atoms with van der Waals surface area (Å²) >= 11 is 0. The molecule has 5 heteroatoms. The average molecular weight is 297 g/mol. The van der Waals surface area contributed by atoms with Crippen LogP contribution in [-0.4, -0.2) is 61.4 Å². The van der Waals surface area contributed by atoms with Crippen LogP contribution in [0.5, 0.6) is 0 Å². The van der Waals surface area contributed by atoms with Crippen LogP contribution in [-0.2, 0) is 9.59 Å². The Morgan fingerprint density at radius 1 is 1.14 bits per heavy atom. The summed E-state index contributed by atoms with van der Waals surface area (Å²) in [7, 11) is 3.49. The van der Waals surface area contributed by atoms with Crippen molar-refractivity contribution in [1.82, 2.24) is 15.1 Å². The number of carbonyl (C=O) groups is 2. The highest BCUT2D eigenvalue weighted by Gasteiger charge is 2.32. The van der Waals surface area contributed by atoms with Crippen LogP contribution in [0.3, 0.4) is 0 Å². The predicted molar refractivity (Wildman–Crippen MR) is 85.1 cm³/mol. The minimum atomic E-state index is -0.332. The topological polar surface area (TPSA) is 52.7 Å². The number of rotatable bonds is 8. The summed E-state index contributed by atoms with van der Waals surface area (Å²) in [5.41, 5.74) is 0. The van der Waals surface area contributed by atoms with Gasteiger partial charge in [0.15, 0.2) is 0 Å². The monoisotopic (exact) mass is 297 g/mol. The molecule has 21 heavy (non-hydrogen) atoms. The first kappa shape index (κ1) is 18.0. The van der Waals surface area contributed by atoms with E-state index in [0.717, 1.165) is 19.4 Å². The van der Waals surface area contributed by atoms with Gasteiger partial charge >= 0.3 is 0 Å². The molecule has 1 atom stereocenters. The molecule has 0 aromatic carbocycles. The van der Waals surface area contributed by atoms with Crippen molar-refractivity contribution in [2.24, 2.45) is 0 Å². The third kappa shape index (κ3) is 6.04. The number of nitrogens with zero attached hydrogens (tertiary/aromatic N) is 2. The van der Waals surface area contributed by atoms with Crippen LogP contribution >= 0.6 is 0 Å². The highest BCUT2D eigenvalue weighted by Crippen LogP contribution is 2.12.